The van der Waals surface area contributed by atoms with Crippen LogP contribution in [0.4, 0.5) is 4.39 Å². The van der Waals surface area contributed by atoms with E-state index in [1.165, 1.54) is 16.4 Å². The van der Waals surface area contributed by atoms with Gasteiger partial charge >= 0.3 is 0 Å². The van der Waals surface area contributed by atoms with Gasteiger partial charge in [0.15, 0.2) is 0 Å². The van der Waals surface area contributed by atoms with Crippen LogP contribution < -0.4 is 4.72 Å². The molecule has 1 saturated heterocycles. The maximum absolute atomic E-state index is 12.8. The summed E-state index contributed by atoms with van der Waals surface area (Å²) in [6, 6.07) is 5.47. The van der Waals surface area contributed by atoms with Crippen molar-refractivity contribution in [3.8, 4) is 0 Å². The molecule has 1 fully saturated rings. The maximum atomic E-state index is 12.8. The van der Waals surface area contributed by atoms with Crippen LogP contribution in [0.3, 0.4) is 0 Å². The molecule has 0 spiro atoms. The Kier molecular flexibility index (Phi) is 3.99. The molecule has 0 aromatic heterocycles. The highest BCUT2D eigenvalue weighted by molar-refractivity contribution is 7.87. The van der Waals surface area contributed by atoms with Gasteiger partial charge in [0.05, 0.1) is 0 Å². The van der Waals surface area contributed by atoms with Gasteiger partial charge in [-0.2, -0.15) is 17.4 Å². The fourth-order valence-electron chi connectivity index (χ4n) is 2.05. The Morgan fingerprint density at radius 2 is 1.78 bits per heavy atom. The van der Waals surface area contributed by atoms with Crippen LogP contribution in [0.1, 0.15) is 31.4 Å². The molecule has 18 heavy (non-hydrogen) atoms. The Bertz CT molecular complexity index is 495. The van der Waals surface area contributed by atoms with Gasteiger partial charge in [0.1, 0.15) is 5.82 Å². The van der Waals surface area contributed by atoms with Crippen molar-refractivity contribution in [2.24, 2.45) is 0 Å². The lowest BCUT2D eigenvalue weighted by molar-refractivity contribution is 0.457. The molecule has 1 aliphatic rings. The van der Waals surface area contributed by atoms with E-state index in [1.54, 1.807) is 19.1 Å². The molecule has 1 heterocycles. The molecule has 0 aliphatic carbocycles. The van der Waals surface area contributed by atoms with Crippen molar-refractivity contribution in [3.05, 3.63) is 35.6 Å². The molecular weight excluding hydrogens is 255 g/mol. The van der Waals surface area contributed by atoms with Crippen LogP contribution in [0.25, 0.3) is 0 Å². The summed E-state index contributed by atoms with van der Waals surface area (Å²) in [5.74, 6) is -0.326. The quantitative estimate of drug-likeness (QED) is 0.909. The van der Waals surface area contributed by atoms with E-state index in [9.17, 15) is 12.8 Å². The average Bonchev–Trinajstić information content (AvgIpc) is 2.83. The second-order valence-electron chi connectivity index (χ2n) is 4.50. The van der Waals surface area contributed by atoms with Gasteiger partial charge in [-0.05, 0) is 37.5 Å². The van der Waals surface area contributed by atoms with Gasteiger partial charge in [-0.3, -0.25) is 0 Å². The second-order valence-corrected chi connectivity index (χ2v) is 6.20. The van der Waals surface area contributed by atoms with Crippen molar-refractivity contribution >= 4 is 10.2 Å². The van der Waals surface area contributed by atoms with Gasteiger partial charge in [0, 0.05) is 19.1 Å². The van der Waals surface area contributed by atoms with Crippen molar-refractivity contribution in [3.63, 3.8) is 0 Å². The van der Waals surface area contributed by atoms with Crippen molar-refractivity contribution in [2.75, 3.05) is 13.1 Å². The number of nitrogens with one attached hydrogen (secondary N) is 1. The Balaban J connectivity index is 2.06. The minimum atomic E-state index is -3.43. The largest absolute Gasteiger partial charge is 0.279 e. The average molecular weight is 272 g/mol. The number of hydrogen-bond donors (Lipinski definition) is 1. The van der Waals surface area contributed by atoms with Crippen molar-refractivity contribution in [1.29, 1.82) is 0 Å². The van der Waals surface area contributed by atoms with Crippen molar-refractivity contribution < 1.29 is 12.8 Å². The normalized spacial score (nSPS) is 19.0. The molecule has 1 atom stereocenters. The third kappa shape index (κ3) is 3.07. The van der Waals surface area contributed by atoms with Crippen LogP contribution in [0.2, 0.25) is 0 Å². The Hall–Kier alpha value is -0.980. The van der Waals surface area contributed by atoms with E-state index in [0.717, 1.165) is 18.4 Å². The molecule has 0 amide bonds. The minimum absolute atomic E-state index is 0.326. The van der Waals surface area contributed by atoms with E-state index in [2.05, 4.69) is 4.72 Å². The number of benzene rings is 1. The van der Waals surface area contributed by atoms with Gasteiger partial charge < -0.3 is 0 Å². The molecule has 1 aliphatic heterocycles. The molecule has 100 valence electrons. The molecule has 0 radical (unpaired) electrons. The summed E-state index contributed by atoms with van der Waals surface area (Å²) in [5, 5.41) is 0. The SMILES string of the molecule is CC(NS(=O)(=O)N1CCCC1)c1ccc(F)cc1. The lowest BCUT2D eigenvalue weighted by Gasteiger charge is -2.20. The van der Waals surface area contributed by atoms with Crippen molar-refractivity contribution in [2.45, 2.75) is 25.8 Å². The van der Waals surface area contributed by atoms with E-state index in [4.69, 9.17) is 0 Å². The van der Waals surface area contributed by atoms with E-state index in [-0.39, 0.29) is 11.9 Å². The fourth-order valence-corrected chi connectivity index (χ4v) is 3.52. The van der Waals surface area contributed by atoms with Crippen LogP contribution in [-0.4, -0.2) is 25.8 Å². The lowest BCUT2D eigenvalue weighted by atomic mass is 10.1. The number of halogens is 1. The molecule has 0 saturated carbocycles. The predicted octanol–water partition coefficient (Wildman–Crippen LogP) is 1.82. The molecule has 6 heteroatoms. The summed E-state index contributed by atoms with van der Waals surface area (Å²) in [5.41, 5.74) is 0.749. The highest BCUT2D eigenvalue weighted by Gasteiger charge is 2.26. The smallest absolute Gasteiger partial charge is 0.207 e. The van der Waals surface area contributed by atoms with Crippen LogP contribution >= 0.6 is 0 Å². The van der Waals surface area contributed by atoms with E-state index in [1.807, 2.05) is 0 Å². The van der Waals surface area contributed by atoms with Crippen LogP contribution in [0.15, 0.2) is 24.3 Å². The van der Waals surface area contributed by atoms with Crippen LogP contribution in [0, 0.1) is 5.82 Å². The monoisotopic (exact) mass is 272 g/mol. The molecule has 1 aromatic carbocycles. The van der Waals surface area contributed by atoms with Gasteiger partial charge in [0.2, 0.25) is 0 Å². The summed E-state index contributed by atoms with van der Waals surface area (Å²) in [7, 11) is -3.43. The van der Waals surface area contributed by atoms with E-state index in [0.29, 0.717) is 13.1 Å². The Morgan fingerprint density at radius 1 is 1.22 bits per heavy atom. The highest BCUT2D eigenvalue weighted by Crippen LogP contribution is 2.17. The summed E-state index contributed by atoms with van der Waals surface area (Å²) in [6.07, 6.45) is 1.82. The van der Waals surface area contributed by atoms with E-state index < -0.39 is 10.2 Å². The Labute approximate surface area is 107 Å². The minimum Gasteiger partial charge on any atom is -0.207 e. The summed E-state index contributed by atoms with van der Waals surface area (Å²) >= 11 is 0. The number of hydrogen-bond acceptors (Lipinski definition) is 2. The second kappa shape index (κ2) is 5.34. The zero-order chi connectivity index (χ0) is 13.2. The fraction of sp³-hybridized carbons (Fsp3) is 0.500. The zero-order valence-electron chi connectivity index (χ0n) is 10.3. The number of nitrogens with zero attached hydrogens (tertiary/aromatic N) is 1. The van der Waals surface area contributed by atoms with Crippen molar-refractivity contribution in [1.82, 2.24) is 9.03 Å². The summed E-state index contributed by atoms with van der Waals surface area (Å²) in [4.78, 5) is 0. The first-order valence-corrected chi connectivity index (χ1v) is 7.46. The molecule has 2 rings (SSSR count). The number of rotatable bonds is 4. The van der Waals surface area contributed by atoms with Gasteiger partial charge in [-0.15, -0.1) is 0 Å². The van der Waals surface area contributed by atoms with Crippen LogP contribution in [-0.2, 0) is 10.2 Å². The standard InChI is InChI=1S/C12H17FN2O2S/c1-10(11-4-6-12(13)7-5-11)14-18(16,17)15-8-2-3-9-15/h4-7,10,14H,2-3,8-9H2,1H3. The molecule has 1 aromatic rings. The molecular formula is C12H17FN2O2S. The molecule has 4 nitrogen and oxygen atoms in total. The first-order valence-electron chi connectivity index (χ1n) is 6.02. The molecule has 0 bridgehead atoms. The molecule has 1 unspecified atom stereocenters. The predicted molar refractivity (Wildman–Crippen MR) is 67.7 cm³/mol. The van der Waals surface area contributed by atoms with Crippen LogP contribution in [0.5, 0.6) is 0 Å². The van der Waals surface area contributed by atoms with Gasteiger partial charge in [-0.25, -0.2) is 4.39 Å². The Morgan fingerprint density at radius 3 is 2.33 bits per heavy atom. The van der Waals surface area contributed by atoms with Gasteiger partial charge in [0.25, 0.3) is 10.2 Å². The molecule has 1 N–H and O–H groups in total. The zero-order valence-corrected chi connectivity index (χ0v) is 11.1. The topological polar surface area (TPSA) is 49.4 Å². The summed E-state index contributed by atoms with van der Waals surface area (Å²) < 4.78 is 40.9. The summed E-state index contributed by atoms with van der Waals surface area (Å²) in [6.45, 7) is 2.90. The third-order valence-electron chi connectivity index (χ3n) is 3.10. The maximum Gasteiger partial charge on any atom is 0.279 e. The van der Waals surface area contributed by atoms with E-state index >= 15 is 0 Å². The third-order valence-corrected chi connectivity index (χ3v) is 4.80. The first kappa shape index (κ1) is 13.5. The highest BCUT2D eigenvalue weighted by atomic mass is 32.2. The van der Waals surface area contributed by atoms with Gasteiger partial charge in [-0.1, -0.05) is 12.1 Å². The first-order chi connectivity index (χ1) is 8.49. The lowest BCUT2D eigenvalue weighted by Crippen LogP contribution is -2.40.